The van der Waals surface area contributed by atoms with Crippen molar-refractivity contribution < 1.29 is 24.2 Å². The average Bonchev–Trinajstić information content (AvgIpc) is 3.44. The van der Waals surface area contributed by atoms with Gasteiger partial charge in [-0.3, -0.25) is 4.79 Å². The van der Waals surface area contributed by atoms with E-state index in [1.54, 1.807) is 0 Å². The van der Waals surface area contributed by atoms with Crippen LogP contribution < -0.4 is 10.6 Å². The molecule has 3 N–H and O–H groups in total. The maximum atomic E-state index is 12.7. The summed E-state index contributed by atoms with van der Waals surface area (Å²) < 4.78 is 5.59. The van der Waals surface area contributed by atoms with Crippen LogP contribution in [0.1, 0.15) is 56.1 Å². The van der Waals surface area contributed by atoms with Crippen molar-refractivity contribution in [3.8, 4) is 11.1 Å². The third-order valence-corrected chi connectivity index (χ3v) is 7.04. The highest BCUT2D eigenvalue weighted by Crippen LogP contribution is 2.44. The molecular formula is C27H32N2O5. The van der Waals surface area contributed by atoms with E-state index in [4.69, 9.17) is 4.74 Å². The van der Waals surface area contributed by atoms with Crippen LogP contribution in [0.3, 0.4) is 0 Å². The number of alkyl carbamates (subject to hydrolysis) is 1. The molecule has 1 saturated carbocycles. The fourth-order valence-corrected chi connectivity index (χ4v) is 5.32. The third kappa shape index (κ3) is 5.08. The third-order valence-electron chi connectivity index (χ3n) is 7.04. The quantitative estimate of drug-likeness (QED) is 0.513. The van der Waals surface area contributed by atoms with Gasteiger partial charge in [0.05, 0.1) is 0 Å². The fourth-order valence-electron chi connectivity index (χ4n) is 5.32. The number of carboxylic acid groups (broad SMARTS) is 1. The van der Waals surface area contributed by atoms with Gasteiger partial charge in [0.15, 0.2) is 0 Å². The zero-order valence-electron chi connectivity index (χ0n) is 19.5. The van der Waals surface area contributed by atoms with Crippen LogP contribution in [0.4, 0.5) is 4.79 Å². The van der Waals surface area contributed by atoms with Crippen molar-refractivity contribution in [3.63, 3.8) is 0 Å². The Bertz CT molecular complexity index is 1010. The molecule has 1 fully saturated rings. The lowest BCUT2D eigenvalue weighted by Gasteiger charge is -2.22. The van der Waals surface area contributed by atoms with Crippen LogP contribution in [0.2, 0.25) is 0 Å². The van der Waals surface area contributed by atoms with E-state index >= 15 is 0 Å². The number of hydrogen-bond acceptors (Lipinski definition) is 4. The van der Waals surface area contributed by atoms with Gasteiger partial charge >= 0.3 is 12.1 Å². The summed E-state index contributed by atoms with van der Waals surface area (Å²) in [4.78, 5) is 36.6. The Morgan fingerprint density at radius 1 is 1.03 bits per heavy atom. The standard InChI is InChI=1S/C27H32N2O5/c1-2-8-24(26(31)32)29-25(30)18-14-7-9-17(18)15-28-27(33)34-16-23-21-12-5-3-10-19(21)20-11-4-6-13-22(20)23/h3-6,10-13,17-18,23-24H,2,7-9,14-16H2,1H3,(H,28,33)(H,29,30)(H,31,32)/t17-,18-,24?/m1/s1. The van der Waals surface area contributed by atoms with Crippen LogP contribution in [0, 0.1) is 11.8 Å². The van der Waals surface area contributed by atoms with E-state index in [-0.39, 0.29) is 30.3 Å². The maximum absolute atomic E-state index is 12.7. The first-order valence-corrected chi connectivity index (χ1v) is 12.1. The predicted molar refractivity (Wildman–Crippen MR) is 128 cm³/mol. The molecular weight excluding hydrogens is 432 g/mol. The molecule has 2 amide bonds. The van der Waals surface area contributed by atoms with Gasteiger partial charge in [-0.15, -0.1) is 0 Å². The van der Waals surface area contributed by atoms with Gasteiger partial charge in [-0.1, -0.05) is 68.3 Å². The van der Waals surface area contributed by atoms with E-state index in [1.165, 1.54) is 11.1 Å². The average molecular weight is 465 g/mol. The Morgan fingerprint density at radius 2 is 1.68 bits per heavy atom. The van der Waals surface area contributed by atoms with E-state index in [2.05, 4.69) is 34.9 Å². The predicted octanol–water partition coefficient (Wildman–Crippen LogP) is 4.31. The summed E-state index contributed by atoms with van der Waals surface area (Å²) in [5.41, 5.74) is 4.66. The van der Waals surface area contributed by atoms with E-state index in [9.17, 15) is 19.5 Å². The number of aliphatic carboxylic acids is 1. The summed E-state index contributed by atoms with van der Waals surface area (Å²) in [6, 6.07) is 15.5. The number of ether oxygens (including phenoxy) is 1. The van der Waals surface area contributed by atoms with Gasteiger partial charge in [-0.25, -0.2) is 9.59 Å². The summed E-state index contributed by atoms with van der Waals surface area (Å²) in [7, 11) is 0. The van der Waals surface area contributed by atoms with Gasteiger partial charge in [-0.05, 0) is 47.4 Å². The largest absolute Gasteiger partial charge is 0.480 e. The minimum Gasteiger partial charge on any atom is -0.480 e. The maximum Gasteiger partial charge on any atom is 0.407 e. The summed E-state index contributed by atoms with van der Waals surface area (Å²) in [6.45, 7) is 2.46. The summed E-state index contributed by atoms with van der Waals surface area (Å²) in [5.74, 6) is -1.59. The number of carboxylic acids is 1. The number of nitrogens with one attached hydrogen (secondary N) is 2. The molecule has 7 nitrogen and oxygen atoms in total. The van der Waals surface area contributed by atoms with Crippen molar-refractivity contribution in [2.24, 2.45) is 11.8 Å². The molecule has 0 bridgehead atoms. The van der Waals surface area contributed by atoms with Crippen molar-refractivity contribution in [2.75, 3.05) is 13.2 Å². The Morgan fingerprint density at radius 3 is 2.29 bits per heavy atom. The lowest BCUT2D eigenvalue weighted by molar-refractivity contribution is -0.142. The monoisotopic (exact) mass is 464 g/mol. The molecule has 0 heterocycles. The van der Waals surface area contributed by atoms with E-state index < -0.39 is 18.1 Å². The van der Waals surface area contributed by atoms with Crippen LogP contribution in [0.25, 0.3) is 11.1 Å². The molecule has 2 aromatic carbocycles. The summed E-state index contributed by atoms with van der Waals surface area (Å²) >= 11 is 0. The molecule has 0 aliphatic heterocycles. The second-order valence-corrected chi connectivity index (χ2v) is 9.19. The number of rotatable bonds is 9. The second-order valence-electron chi connectivity index (χ2n) is 9.19. The summed E-state index contributed by atoms with van der Waals surface area (Å²) in [6.07, 6.45) is 2.96. The van der Waals surface area contributed by atoms with Gasteiger partial charge in [0.1, 0.15) is 12.6 Å². The number of hydrogen-bond donors (Lipinski definition) is 3. The van der Waals surface area contributed by atoms with Crippen LogP contribution in [-0.4, -0.2) is 42.3 Å². The first-order valence-electron chi connectivity index (χ1n) is 12.1. The molecule has 0 aromatic heterocycles. The van der Waals surface area contributed by atoms with Crippen LogP contribution in [0.5, 0.6) is 0 Å². The molecule has 0 saturated heterocycles. The van der Waals surface area contributed by atoms with Crippen LogP contribution >= 0.6 is 0 Å². The Kier molecular flexibility index (Phi) is 7.50. The lowest BCUT2D eigenvalue weighted by Crippen LogP contribution is -2.45. The topological polar surface area (TPSA) is 105 Å². The minimum absolute atomic E-state index is 0.00493. The number of fused-ring (bicyclic) bond motifs is 3. The van der Waals surface area contributed by atoms with Crippen molar-refractivity contribution >= 4 is 18.0 Å². The van der Waals surface area contributed by atoms with Gasteiger partial charge in [0.25, 0.3) is 0 Å². The normalized spacial score (nSPS) is 19.7. The molecule has 34 heavy (non-hydrogen) atoms. The molecule has 7 heteroatoms. The smallest absolute Gasteiger partial charge is 0.407 e. The molecule has 3 atom stereocenters. The number of amides is 2. The minimum atomic E-state index is -1.01. The van der Waals surface area contributed by atoms with Crippen LogP contribution in [0.15, 0.2) is 48.5 Å². The first kappa shape index (κ1) is 23.8. The summed E-state index contributed by atoms with van der Waals surface area (Å²) in [5, 5.41) is 14.8. The highest BCUT2D eigenvalue weighted by molar-refractivity contribution is 5.85. The first-order chi connectivity index (χ1) is 16.5. The highest BCUT2D eigenvalue weighted by atomic mass is 16.5. The molecule has 2 aromatic rings. The van der Waals surface area contributed by atoms with Gasteiger partial charge in [-0.2, -0.15) is 0 Å². The Labute approximate surface area is 199 Å². The number of carbonyl (C=O) groups excluding carboxylic acids is 2. The van der Waals surface area contributed by atoms with Crippen molar-refractivity contribution in [1.82, 2.24) is 10.6 Å². The van der Waals surface area contributed by atoms with Gasteiger partial charge < -0.3 is 20.5 Å². The lowest BCUT2D eigenvalue weighted by atomic mass is 9.94. The number of benzene rings is 2. The molecule has 2 aliphatic carbocycles. The van der Waals surface area contributed by atoms with Gasteiger partial charge in [0.2, 0.25) is 5.91 Å². The molecule has 0 radical (unpaired) electrons. The second kappa shape index (κ2) is 10.7. The molecule has 180 valence electrons. The van der Waals surface area contributed by atoms with Gasteiger partial charge in [0, 0.05) is 18.4 Å². The zero-order valence-corrected chi connectivity index (χ0v) is 19.5. The zero-order chi connectivity index (χ0) is 24.1. The highest BCUT2D eigenvalue weighted by Gasteiger charge is 2.35. The van der Waals surface area contributed by atoms with Crippen molar-refractivity contribution in [1.29, 1.82) is 0 Å². The molecule has 0 spiro atoms. The molecule has 1 unspecified atom stereocenters. The van der Waals surface area contributed by atoms with E-state index in [1.807, 2.05) is 31.2 Å². The Hall–Kier alpha value is -3.35. The van der Waals surface area contributed by atoms with Crippen LogP contribution in [-0.2, 0) is 14.3 Å². The fraction of sp³-hybridized carbons (Fsp3) is 0.444. The SMILES string of the molecule is CCCC(NC(=O)[C@@H]1CCC[C@@H]1CNC(=O)OCC1c2ccccc2-c2ccccc21)C(=O)O. The van der Waals surface area contributed by atoms with Crippen molar-refractivity contribution in [2.45, 2.75) is 51.0 Å². The van der Waals surface area contributed by atoms with E-state index in [0.717, 1.165) is 24.0 Å². The van der Waals surface area contributed by atoms with E-state index in [0.29, 0.717) is 25.8 Å². The molecule has 4 rings (SSSR count). The number of carbonyl (C=O) groups is 3. The Balaban J connectivity index is 1.30. The molecule has 2 aliphatic rings. The van der Waals surface area contributed by atoms with Crippen molar-refractivity contribution in [3.05, 3.63) is 59.7 Å².